The standard InChI is InChI=1S/C34H40N3O3.C29H35ClN2O3.ClH/c1-33(2,3)40-32(39)36-20-16-34(17-21-36)23-26-22-30(38)37(31(26)27-14-8-9-15-28(27)34)29(25-12-6-4-7-13-25)24-35-18-10-5-11-19-35;1-28(2,3)35-27(34)31-15-13-29(14-16-31)18-21-17-25(33)32(24(19-30)20-9-5-4-6-10-20)26(21)22-11-7-8-12-23(22)29;/h4-15,18-19,26,29,31H,16-17,20-24H2,1-3H3;4-12,21,24,26H,13-19H2,1-3H3;1H/q+1;;/p-1/t26-,29+,31-;21-,24+,26-;/m00./s1. The molecule has 6 atom stereocenters. The molecule has 4 fully saturated rings. The van der Waals surface area contributed by atoms with Crippen LogP contribution in [-0.4, -0.2) is 86.9 Å². The van der Waals surface area contributed by atoms with Crippen LogP contribution in [-0.2, 0) is 36.4 Å². The number of amides is 4. The molecule has 6 aliphatic rings. The van der Waals surface area contributed by atoms with Crippen LogP contribution >= 0.6 is 11.6 Å². The van der Waals surface area contributed by atoms with Gasteiger partial charge in [-0.15, -0.1) is 11.6 Å². The van der Waals surface area contributed by atoms with Crippen molar-refractivity contribution in [2.45, 2.75) is 146 Å². The van der Waals surface area contributed by atoms with Gasteiger partial charge in [0.2, 0.25) is 11.8 Å². The second-order valence-electron chi connectivity index (χ2n) is 24.1. The molecule has 11 rings (SSSR count). The Morgan fingerprint density at radius 2 is 0.934 bits per heavy atom. The molecule has 0 N–H and O–H groups in total. The lowest BCUT2D eigenvalue weighted by molar-refractivity contribution is -0.702. The summed E-state index contributed by atoms with van der Waals surface area (Å²) < 4.78 is 13.5. The number of hydrogen-bond donors (Lipinski definition) is 0. The van der Waals surface area contributed by atoms with Crippen LogP contribution in [0.25, 0.3) is 0 Å². The van der Waals surface area contributed by atoms with E-state index >= 15 is 0 Å². The lowest BCUT2D eigenvalue weighted by atomic mass is 9.60. The van der Waals surface area contributed by atoms with E-state index in [1.54, 1.807) is 0 Å². The van der Waals surface area contributed by atoms with E-state index in [1.807, 2.05) is 93.8 Å². The monoisotopic (exact) mass is 1070 g/mol. The normalized spacial score (nSPS) is 23.0. The fraction of sp³-hybridized carbons (Fsp3) is 0.476. The van der Waals surface area contributed by atoms with Crippen LogP contribution in [0.1, 0.15) is 150 Å². The summed E-state index contributed by atoms with van der Waals surface area (Å²) in [5, 5.41) is 0. The van der Waals surface area contributed by atoms with Crippen molar-refractivity contribution in [2.24, 2.45) is 11.8 Å². The molecule has 4 aromatic carbocycles. The zero-order valence-electron chi connectivity index (χ0n) is 45.1. The number of carbonyl (C=O) groups is 4. The first-order valence-corrected chi connectivity index (χ1v) is 27.9. The largest absolute Gasteiger partial charge is 1.00 e. The smallest absolute Gasteiger partial charge is 0.410 e. The molecule has 5 aromatic rings. The topological polar surface area (TPSA) is 104 Å². The van der Waals surface area contributed by atoms with E-state index in [0.717, 1.165) is 49.7 Å². The number of fused-ring (bicyclic) bond motifs is 8. The average Bonchev–Trinajstić information content (AvgIpc) is 3.91. The molecule has 4 saturated heterocycles. The first kappa shape index (κ1) is 54.9. The van der Waals surface area contributed by atoms with Crippen LogP contribution in [0.15, 0.2) is 140 Å². The highest BCUT2D eigenvalue weighted by Gasteiger charge is 2.56. The Morgan fingerprint density at radius 1 is 0.566 bits per heavy atom. The number of rotatable bonds is 7. The third-order valence-corrected chi connectivity index (χ3v) is 17.3. The number of pyridine rings is 1. The van der Waals surface area contributed by atoms with Gasteiger partial charge in [-0.05, 0) is 136 Å². The molecule has 76 heavy (non-hydrogen) atoms. The molecule has 0 bridgehead atoms. The van der Waals surface area contributed by atoms with Crippen molar-refractivity contribution >= 4 is 35.6 Å². The molecular formula is C63H75Cl2N5O6. The van der Waals surface area contributed by atoms with Crippen molar-refractivity contribution in [2.75, 3.05) is 32.1 Å². The number of likely N-dealkylation sites (tertiary alicyclic amines) is 4. The number of aromatic nitrogens is 1. The Hall–Kier alpha value is -5.91. The Morgan fingerprint density at radius 3 is 1.34 bits per heavy atom. The van der Waals surface area contributed by atoms with E-state index in [1.165, 1.54) is 22.3 Å². The highest BCUT2D eigenvalue weighted by molar-refractivity contribution is 6.18. The van der Waals surface area contributed by atoms with Gasteiger partial charge in [-0.3, -0.25) is 9.59 Å². The number of carbonyl (C=O) groups excluding carboxylic acids is 4. The summed E-state index contributed by atoms with van der Waals surface area (Å²) in [6.07, 6.45) is 10.3. The van der Waals surface area contributed by atoms with Gasteiger partial charge in [0.15, 0.2) is 18.9 Å². The molecule has 4 amide bonds. The van der Waals surface area contributed by atoms with Crippen LogP contribution in [0.3, 0.4) is 0 Å². The Balaban J connectivity index is 0.000000185. The fourth-order valence-electron chi connectivity index (χ4n) is 13.9. The molecule has 2 spiro atoms. The molecule has 13 heteroatoms. The third-order valence-electron chi connectivity index (χ3n) is 17.0. The van der Waals surface area contributed by atoms with Crippen molar-refractivity contribution in [3.8, 4) is 0 Å². The van der Waals surface area contributed by atoms with Crippen molar-refractivity contribution in [3.05, 3.63) is 173 Å². The number of hydrogen-bond acceptors (Lipinski definition) is 6. The van der Waals surface area contributed by atoms with Gasteiger partial charge in [-0.25, -0.2) is 14.2 Å². The number of alkyl halides is 1. The minimum atomic E-state index is -0.502. The molecule has 5 heterocycles. The van der Waals surface area contributed by atoms with Gasteiger partial charge in [0.05, 0.1) is 18.1 Å². The van der Waals surface area contributed by atoms with Gasteiger partial charge in [0.1, 0.15) is 17.2 Å². The summed E-state index contributed by atoms with van der Waals surface area (Å²) in [7, 11) is 0. The Kier molecular flexibility index (Phi) is 16.0. The second kappa shape index (κ2) is 22.2. The Bertz CT molecular complexity index is 2840. The van der Waals surface area contributed by atoms with E-state index in [4.69, 9.17) is 21.1 Å². The second-order valence-corrected chi connectivity index (χ2v) is 24.4. The summed E-state index contributed by atoms with van der Waals surface area (Å²) in [5.74, 6) is 1.30. The van der Waals surface area contributed by atoms with Gasteiger partial charge in [0.25, 0.3) is 0 Å². The van der Waals surface area contributed by atoms with E-state index in [0.29, 0.717) is 51.4 Å². The maximum Gasteiger partial charge on any atom is 0.410 e. The highest BCUT2D eigenvalue weighted by Crippen LogP contribution is 2.59. The van der Waals surface area contributed by atoms with Crippen molar-refractivity contribution in [1.29, 1.82) is 0 Å². The van der Waals surface area contributed by atoms with Crippen LogP contribution in [0, 0.1) is 11.8 Å². The van der Waals surface area contributed by atoms with Crippen LogP contribution in [0.5, 0.6) is 0 Å². The van der Waals surface area contributed by atoms with Crippen LogP contribution in [0.4, 0.5) is 9.59 Å². The lowest BCUT2D eigenvalue weighted by Gasteiger charge is -2.50. The zero-order chi connectivity index (χ0) is 52.7. The maximum atomic E-state index is 13.9. The first-order chi connectivity index (χ1) is 36.0. The van der Waals surface area contributed by atoms with Gasteiger partial charge < -0.3 is 41.5 Å². The molecule has 2 aliphatic carbocycles. The summed E-state index contributed by atoms with van der Waals surface area (Å²) in [6.45, 7) is 14.9. The van der Waals surface area contributed by atoms with Gasteiger partial charge in [-0.2, -0.15) is 0 Å². The molecule has 0 saturated carbocycles. The van der Waals surface area contributed by atoms with Gasteiger partial charge >= 0.3 is 12.2 Å². The predicted molar refractivity (Wildman–Crippen MR) is 291 cm³/mol. The quantitative estimate of drug-likeness (QED) is 0.119. The van der Waals surface area contributed by atoms with Crippen molar-refractivity contribution < 1.29 is 45.6 Å². The van der Waals surface area contributed by atoms with Gasteiger partial charge in [0, 0.05) is 57.0 Å². The maximum absolute atomic E-state index is 13.9. The number of halogens is 2. The fourth-order valence-corrected chi connectivity index (χ4v) is 14.2. The molecule has 0 radical (unpaired) electrons. The van der Waals surface area contributed by atoms with E-state index in [-0.39, 0.29) is 83.2 Å². The number of nitrogens with zero attached hydrogens (tertiary/aromatic N) is 5. The number of benzene rings is 4. The number of piperidine rings is 2. The van der Waals surface area contributed by atoms with Gasteiger partial charge in [-0.1, -0.05) is 115 Å². The highest BCUT2D eigenvalue weighted by atomic mass is 35.5. The SMILES string of the molecule is CC(C)(C)OC(=O)N1CCC2(CC1)C[C@@H]1CC(=O)N([C@H](CCl)c3ccccc3)[C@@H]1c1ccccc12.CC(C)(C)OC(=O)N1CCC2(CC1)C[C@@H]1CC(=O)N([C@H](C[n+]3ccccc3)c3ccccc3)[C@@H]1c1ccccc12.[Cl-]. The lowest BCUT2D eigenvalue weighted by Crippen LogP contribution is -3.00. The van der Waals surface area contributed by atoms with E-state index < -0.39 is 11.2 Å². The first-order valence-electron chi connectivity index (χ1n) is 27.3. The Labute approximate surface area is 461 Å². The minimum absolute atomic E-state index is 0. The summed E-state index contributed by atoms with van der Waals surface area (Å²) in [6, 6.07) is 44.0. The molecular weight excluding hydrogens is 994 g/mol. The summed E-state index contributed by atoms with van der Waals surface area (Å²) in [4.78, 5) is 60.9. The zero-order valence-corrected chi connectivity index (χ0v) is 46.6. The third kappa shape index (κ3) is 11.1. The number of ether oxygens (including phenoxy) is 2. The van der Waals surface area contributed by atoms with E-state index in [9.17, 15) is 19.2 Å². The van der Waals surface area contributed by atoms with E-state index in [2.05, 4.69) is 112 Å². The van der Waals surface area contributed by atoms with Crippen LogP contribution < -0.4 is 17.0 Å². The van der Waals surface area contributed by atoms with Crippen molar-refractivity contribution in [1.82, 2.24) is 19.6 Å². The minimum Gasteiger partial charge on any atom is -1.00 e. The molecule has 402 valence electrons. The molecule has 1 aromatic heterocycles. The molecule has 0 unspecified atom stereocenters. The predicted octanol–water partition coefficient (Wildman–Crippen LogP) is 9.21. The summed E-state index contributed by atoms with van der Waals surface area (Å²) >= 11 is 6.50. The average molecular weight is 1070 g/mol. The summed E-state index contributed by atoms with van der Waals surface area (Å²) in [5.41, 5.74) is 6.45. The van der Waals surface area contributed by atoms with Crippen LogP contribution in [0.2, 0.25) is 0 Å². The molecule has 11 nitrogen and oxygen atoms in total. The van der Waals surface area contributed by atoms with Crippen molar-refractivity contribution in [3.63, 3.8) is 0 Å². The molecule has 4 aliphatic heterocycles.